The Kier molecular flexibility index (Phi) is 5.26. The Morgan fingerprint density at radius 2 is 1.86 bits per heavy atom. The van der Waals surface area contributed by atoms with E-state index in [1.165, 1.54) is 33.4 Å². The van der Waals surface area contributed by atoms with Gasteiger partial charge in [0, 0.05) is 5.56 Å². The summed E-state index contributed by atoms with van der Waals surface area (Å²) < 4.78 is 19.0. The fraction of sp³-hybridized carbons (Fsp3) is 0.261. The molecule has 4 rings (SSSR count). The van der Waals surface area contributed by atoms with E-state index in [1.807, 2.05) is 17.0 Å². The van der Waals surface area contributed by atoms with Crippen LogP contribution in [0.1, 0.15) is 15.9 Å². The maximum absolute atomic E-state index is 13.4. The van der Waals surface area contributed by atoms with E-state index in [-0.39, 0.29) is 11.7 Å². The number of rotatable bonds is 4. The molecule has 1 amide bonds. The number of nitrogens with one attached hydrogen (secondary N) is 1. The molecule has 4 nitrogen and oxygen atoms in total. The van der Waals surface area contributed by atoms with E-state index in [9.17, 15) is 9.18 Å². The fourth-order valence-electron chi connectivity index (χ4n) is 3.95. The van der Waals surface area contributed by atoms with Crippen LogP contribution in [-0.2, 0) is 6.54 Å². The zero-order chi connectivity index (χ0) is 19.5. The van der Waals surface area contributed by atoms with Gasteiger partial charge in [-0.15, -0.1) is 0 Å². The lowest BCUT2D eigenvalue weighted by Gasteiger charge is -2.32. The van der Waals surface area contributed by atoms with Crippen molar-refractivity contribution < 1.29 is 18.8 Å². The third-order valence-electron chi connectivity index (χ3n) is 5.47. The number of ether oxygens (including phenoxy) is 1. The van der Waals surface area contributed by atoms with Gasteiger partial charge < -0.3 is 14.5 Å². The van der Waals surface area contributed by atoms with E-state index in [0.29, 0.717) is 18.7 Å². The number of carbonyl (C=O) groups is 1. The highest BCUT2D eigenvalue weighted by atomic mass is 19.1. The Balaban J connectivity index is 1.46. The Hall–Kier alpha value is -2.92. The van der Waals surface area contributed by atoms with Gasteiger partial charge in [-0.1, -0.05) is 36.4 Å². The summed E-state index contributed by atoms with van der Waals surface area (Å²) >= 11 is 0. The number of nitrogens with zero attached hydrogens (tertiary/aromatic N) is 1. The van der Waals surface area contributed by atoms with Crippen molar-refractivity contribution in [3.8, 4) is 5.75 Å². The number of fused-ring (bicyclic) bond motifs is 1. The molecule has 28 heavy (non-hydrogen) atoms. The van der Waals surface area contributed by atoms with Gasteiger partial charge in [0.15, 0.2) is 0 Å². The van der Waals surface area contributed by atoms with Crippen molar-refractivity contribution in [3.05, 3.63) is 77.6 Å². The van der Waals surface area contributed by atoms with Crippen LogP contribution < -0.4 is 9.64 Å². The summed E-state index contributed by atoms with van der Waals surface area (Å²) in [6, 6.07) is 18.4. The third kappa shape index (κ3) is 3.71. The van der Waals surface area contributed by atoms with Crippen molar-refractivity contribution in [3.63, 3.8) is 0 Å². The predicted molar refractivity (Wildman–Crippen MR) is 107 cm³/mol. The lowest BCUT2D eigenvalue weighted by atomic mass is 10.0. The van der Waals surface area contributed by atoms with Crippen LogP contribution in [0, 0.1) is 5.82 Å². The molecular weight excluding hydrogens is 355 g/mol. The molecule has 0 aliphatic carbocycles. The highest BCUT2D eigenvalue weighted by molar-refractivity contribution is 5.94. The van der Waals surface area contributed by atoms with Crippen LogP contribution in [0.3, 0.4) is 0 Å². The van der Waals surface area contributed by atoms with Gasteiger partial charge >= 0.3 is 0 Å². The molecule has 1 N–H and O–H groups in total. The molecule has 1 aliphatic rings. The average molecular weight is 379 g/mol. The predicted octanol–water partition coefficient (Wildman–Crippen LogP) is 2.53. The molecule has 1 aliphatic heterocycles. The highest BCUT2D eigenvalue weighted by Crippen LogP contribution is 2.27. The molecule has 3 aromatic rings. The molecule has 1 fully saturated rings. The average Bonchev–Trinajstić information content (AvgIpc) is 2.74. The molecule has 0 atom stereocenters. The number of hydrogen-bond acceptors (Lipinski definition) is 2. The van der Waals surface area contributed by atoms with Gasteiger partial charge in [-0.05, 0) is 35.0 Å². The summed E-state index contributed by atoms with van der Waals surface area (Å²) in [5.74, 6) is 0.434. The Bertz CT molecular complexity index is 997. The molecule has 0 aromatic heterocycles. The van der Waals surface area contributed by atoms with Gasteiger partial charge in [0.2, 0.25) is 0 Å². The topological polar surface area (TPSA) is 34.0 Å². The van der Waals surface area contributed by atoms with Crippen LogP contribution in [0.4, 0.5) is 4.39 Å². The number of carbonyl (C=O) groups excluding carboxylic acids is 1. The first-order valence-electron chi connectivity index (χ1n) is 9.59. The first-order valence-corrected chi connectivity index (χ1v) is 9.59. The fourth-order valence-corrected chi connectivity index (χ4v) is 3.95. The standard InChI is InChI=1S/C23H23FN2O2/c1-28-22-10-9-17-5-2-3-8-20(17)21(22)16-25-11-13-26(14-12-25)23(27)18-6-4-7-19(24)15-18/h2-10,15H,11-14,16H2,1H3/p+1. The molecule has 1 saturated heterocycles. The Morgan fingerprint density at radius 3 is 2.61 bits per heavy atom. The normalized spacial score (nSPS) is 15.0. The van der Waals surface area contributed by atoms with Crippen molar-refractivity contribution in [1.82, 2.24) is 4.90 Å². The number of hydrogen-bond donors (Lipinski definition) is 1. The molecule has 0 saturated carbocycles. The van der Waals surface area contributed by atoms with Crippen molar-refractivity contribution >= 4 is 16.7 Å². The van der Waals surface area contributed by atoms with Crippen molar-refractivity contribution in [2.75, 3.05) is 33.3 Å². The smallest absolute Gasteiger partial charge is 0.254 e. The third-order valence-corrected chi connectivity index (χ3v) is 5.47. The second-order valence-electron chi connectivity index (χ2n) is 7.20. The van der Waals surface area contributed by atoms with Crippen molar-refractivity contribution in [2.45, 2.75) is 6.54 Å². The molecule has 5 heteroatoms. The van der Waals surface area contributed by atoms with Gasteiger partial charge in [-0.25, -0.2) is 4.39 Å². The van der Waals surface area contributed by atoms with E-state index in [1.54, 1.807) is 19.2 Å². The summed E-state index contributed by atoms with van der Waals surface area (Å²) in [5, 5.41) is 2.42. The van der Waals surface area contributed by atoms with Gasteiger partial charge in [0.25, 0.3) is 5.91 Å². The molecule has 0 unspecified atom stereocenters. The van der Waals surface area contributed by atoms with E-state index in [4.69, 9.17) is 4.74 Å². The highest BCUT2D eigenvalue weighted by Gasteiger charge is 2.26. The van der Waals surface area contributed by atoms with Crippen LogP contribution in [0.15, 0.2) is 60.7 Å². The Labute approximate surface area is 164 Å². The minimum Gasteiger partial charge on any atom is -0.496 e. The Morgan fingerprint density at radius 1 is 1.07 bits per heavy atom. The van der Waals surface area contributed by atoms with Crippen molar-refractivity contribution in [1.29, 1.82) is 0 Å². The monoisotopic (exact) mass is 379 g/mol. The molecule has 0 spiro atoms. The van der Waals surface area contributed by atoms with E-state index in [2.05, 4.69) is 24.3 Å². The number of halogens is 1. The molecule has 0 radical (unpaired) electrons. The summed E-state index contributed by atoms with van der Waals surface area (Å²) in [4.78, 5) is 15.9. The number of quaternary nitrogens is 1. The number of piperazine rings is 1. The van der Waals surface area contributed by atoms with E-state index >= 15 is 0 Å². The van der Waals surface area contributed by atoms with Gasteiger partial charge in [0.05, 0.1) is 38.9 Å². The van der Waals surface area contributed by atoms with Gasteiger partial charge in [-0.2, -0.15) is 0 Å². The van der Waals surface area contributed by atoms with Gasteiger partial charge in [0.1, 0.15) is 18.1 Å². The van der Waals surface area contributed by atoms with E-state index < -0.39 is 0 Å². The lowest BCUT2D eigenvalue weighted by Crippen LogP contribution is -3.13. The lowest BCUT2D eigenvalue weighted by molar-refractivity contribution is -0.917. The minimum atomic E-state index is -0.377. The first kappa shape index (κ1) is 18.4. The number of benzene rings is 3. The molecule has 1 heterocycles. The molecule has 0 bridgehead atoms. The second kappa shape index (κ2) is 7.98. The van der Waals surface area contributed by atoms with Crippen LogP contribution in [0.2, 0.25) is 0 Å². The zero-order valence-electron chi connectivity index (χ0n) is 16.0. The number of amides is 1. The van der Waals surface area contributed by atoms with E-state index in [0.717, 1.165) is 25.4 Å². The SMILES string of the molecule is COc1ccc2ccccc2c1C[NH+]1CCN(C(=O)c2cccc(F)c2)CC1. The second-order valence-corrected chi connectivity index (χ2v) is 7.20. The van der Waals surface area contributed by atoms with Crippen LogP contribution in [0.25, 0.3) is 10.8 Å². The quantitative estimate of drug-likeness (QED) is 0.756. The largest absolute Gasteiger partial charge is 0.496 e. The summed E-state index contributed by atoms with van der Waals surface area (Å²) in [5.41, 5.74) is 1.62. The molecular formula is C23H24FN2O2+. The van der Waals surface area contributed by atoms with Gasteiger partial charge in [-0.3, -0.25) is 4.79 Å². The maximum atomic E-state index is 13.4. The maximum Gasteiger partial charge on any atom is 0.254 e. The summed E-state index contributed by atoms with van der Waals surface area (Å²) in [6.07, 6.45) is 0. The van der Waals surface area contributed by atoms with Crippen LogP contribution in [0.5, 0.6) is 5.75 Å². The molecule has 144 valence electrons. The zero-order valence-corrected chi connectivity index (χ0v) is 16.0. The molecule has 3 aromatic carbocycles. The summed E-state index contributed by atoms with van der Waals surface area (Å²) in [6.45, 7) is 3.89. The van der Waals surface area contributed by atoms with Crippen LogP contribution in [-0.4, -0.2) is 44.1 Å². The van der Waals surface area contributed by atoms with Crippen molar-refractivity contribution in [2.24, 2.45) is 0 Å². The summed E-state index contributed by atoms with van der Waals surface area (Å²) in [7, 11) is 1.71. The number of methoxy groups -OCH3 is 1. The van der Waals surface area contributed by atoms with Crippen LogP contribution >= 0.6 is 0 Å². The first-order chi connectivity index (χ1) is 13.7. The minimum absolute atomic E-state index is 0.0960.